The first-order chi connectivity index (χ1) is 9.12. The number of nitrogens with zero attached hydrogens (tertiary/aromatic N) is 3. The summed E-state index contributed by atoms with van der Waals surface area (Å²) in [6, 6.07) is 0. The Morgan fingerprint density at radius 2 is 2.32 bits per heavy atom. The Morgan fingerprint density at radius 1 is 1.47 bits per heavy atom. The molecule has 19 heavy (non-hydrogen) atoms. The standard InChI is InChI=1S/C10H15N5O3S/c16-6-5-15-8-9(7-13-15)19(17,18)14-2-1-10-11-3-4-12-10/h3-4,7-8,14,16H,1-2,5-6H2,(H,11,12). The molecule has 0 fully saturated rings. The van der Waals surface area contributed by atoms with E-state index in [4.69, 9.17) is 5.11 Å². The summed E-state index contributed by atoms with van der Waals surface area (Å²) in [6.45, 7) is 0.427. The number of aromatic nitrogens is 4. The largest absolute Gasteiger partial charge is 0.394 e. The van der Waals surface area contributed by atoms with Crippen LogP contribution in [0, 0.1) is 0 Å². The monoisotopic (exact) mass is 285 g/mol. The molecule has 0 aliphatic carbocycles. The third-order valence-electron chi connectivity index (χ3n) is 2.46. The molecule has 0 spiro atoms. The third kappa shape index (κ3) is 3.63. The molecular formula is C10H15N5O3S. The molecule has 0 radical (unpaired) electrons. The van der Waals surface area contributed by atoms with E-state index in [9.17, 15) is 8.42 Å². The van der Waals surface area contributed by atoms with Crippen molar-refractivity contribution in [1.29, 1.82) is 0 Å². The highest BCUT2D eigenvalue weighted by atomic mass is 32.2. The Morgan fingerprint density at radius 3 is 3.00 bits per heavy atom. The molecule has 8 nitrogen and oxygen atoms in total. The number of nitrogens with one attached hydrogen (secondary N) is 2. The Hall–Kier alpha value is -1.71. The van der Waals surface area contributed by atoms with Crippen molar-refractivity contribution in [3.63, 3.8) is 0 Å². The zero-order chi connectivity index (χ0) is 13.7. The van der Waals surface area contributed by atoms with Gasteiger partial charge in [-0.05, 0) is 0 Å². The van der Waals surface area contributed by atoms with E-state index in [0.29, 0.717) is 6.42 Å². The molecule has 9 heteroatoms. The minimum atomic E-state index is -3.57. The van der Waals surface area contributed by atoms with E-state index in [1.165, 1.54) is 17.1 Å². The molecule has 0 unspecified atom stereocenters. The molecular weight excluding hydrogens is 270 g/mol. The summed E-state index contributed by atoms with van der Waals surface area (Å²) in [6.07, 6.45) is 6.42. The molecule has 2 aromatic rings. The van der Waals surface area contributed by atoms with Crippen LogP contribution in [0.5, 0.6) is 0 Å². The Balaban J connectivity index is 1.93. The fraction of sp³-hybridized carbons (Fsp3) is 0.400. The normalized spacial score (nSPS) is 11.8. The minimum Gasteiger partial charge on any atom is -0.394 e. The summed E-state index contributed by atoms with van der Waals surface area (Å²) in [7, 11) is -3.57. The summed E-state index contributed by atoms with van der Waals surface area (Å²) in [5.41, 5.74) is 0. The van der Waals surface area contributed by atoms with E-state index in [2.05, 4.69) is 19.8 Å². The van der Waals surface area contributed by atoms with Crippen molar-refractivity contribution in [3.8, 4) is 0 Å². The lowest BCUT2D eigenvalue weighted by molar-refractivity contribution is 0.269. The summed E-state index contributed by atoms with van der Waals surface area (Å²) in [4.78, 5) is 6.98. The van der Waals surface area contributed by atoms with Gasteiger partial charge in [-0.25, -0.2) is 18.1 Å². The van der Waals surface area contributed by atoms with Crippen molar-refractivity contribution in [2.45, 2.75) is 17.9 Å². The first-order valence-electron chi connectivity index (χ1n) is 5.73. The van der Waals surface area contributed by atoms with Crippen LogP contribution < -0.4 is 4.72 Å². The van der Waals surface area contributed by atoms with Crippen molar-refractivity contribution in [1.82, 2.24) is 24.5 Å². The van der Waals surface area contributed by atoms with Gasteiger partial charge in [0.05, 0.1) is 19.3 Å². The average Bonchev–Trinajstić information content (AvgIpc) is 3.00. The van der Waals surface area contributed by atoms with E-state index in [1.807, 2.05) is 0 Å². The van der Waals surface area contributed by atoms with Gasteiger partial charge in [-0.3, -0.25) is 4.68 Å². The minimum absolute atomic E-state index is 0.0837. The van der Waals surface area contributed by atoms with Gasteiger partial charge >= 0.3 is 0 Å². The maximum Gasteiger partial charge on any atom is 0.243 e. The Bertz CT molecular complexity index is 605. The Kier molecular flexibility index (Phi) is 4.30. The van der Waals surface area contributed by atoms with Gasteiger partial charge in [-0.1, -0.05) is 0 Å². The van der Waals surface area contributed by atoms with Crippen molar-refractivity contribution < 1.29 is 13.5 Å². The van der Waals surface area contributed by atoms with Crippen LogP contribution in [0.3, 0.4) is 0 Å². The summed E-state index contributed by atoms with van der Waals surface area (Å²) < 4.78 is 27.7. The zero-order valence-corrected chi connectivity index (χ0v) is 11.0. The van der Waals surface area contributed by atoms with Gasteiger partial charge in [0.25, 0.3) is 0 Å². The molecule has 0 atom stereocenters. The van der Waals surface area contributed by atoms with Gasteiger partial charge in [0.15, 0.2) is 0 Å². The lowest BCUT2D eigenvalue weighted by atomic mass is 10.4. The number of rotatable bonds is 7. The molecule has 0 amide bonds. The predicted molar refractivity (Wildman–Crippen MR) is 66.8 cm³/mol. The van der Waals surface area contributed by atoms with Gasteiger partial charge in [-0.2, -0.15) is 5.10 Å². The second-order valence-corrected chi connectivity index (χ2v) is 5.61. The number of imidazole rings is 1. The third-order valence-corrected chi connectivity index (χ3v) is 3.87. The van der Waals surface area contributed by atoms with Crippen molar-refractivity contribution in [2.24, 2.45) is 0 Å². The number of hydrogen-bond donors (Lipinski definition) is 3. The van der Waals surface area contributed by atoms with Crippen LogP contribution in [-0.2, 0) is 23.0 Å². The van der Waals surface area contributed by atoms with Crippen LogP contribution in [-0.4, -0.2) is 46.4 Å². The molecule has 0 aliphatic rings. The number of aliphatic hydroxyl groups excluding tert-OH is 1. The van der Waals surface area contributed by atoms with Crippen LogP contribution in [0.15, 0.2) is 29.7 Å². The lowest BCUT2D eigenvalue weighted by Gasteiger charge is -2.03. The predicted octanol–water partition coefficient (Wildman–Crippen LogP) is -0.881. The van der Waals surface area contributed by atoms with Crippen LogP contribution in [0.1, 0.15) is 5.82 Å². The molecule has 104 valence electrons. The highest BCUT2D eigenvalue weighted by molar-refractivity contribution is 7.89. The molecule has 3 N–H and O–H groups in total. The zero-order valence-electron chi connectivity index (χ0n) is 10.2. The van der Waals surface area contributed by atoms with Crippen LogP contribution in [0.25, 0.3) is 0 Å². The maximum atomic E-state index is 11.9. The van der Waals surface area contributed by atoms with Crippen molar-refractivity contribution in [3.05, 3.63) is 30.6 Å². The number of aliphatic hydroxyl groups is 1. The molecule has 0 bridgehead atoms. The first kappa shape index (κ1) is 13.7. The van der Waals surface area contributed by atoms with E-state index in [-0.39, 0.29) is 24.6 Å². The smallest absolute Gasteiger partial charge is 0.243 e. The number of sulfonamides is 1. The molecule has 2 aromatic heterocycles. The SMILES string of the molecule is O=S(=O)(NCCc1ncc[nH]1)c1cnn(CCO)c1. The molecule has 0 saturated heterocycles. The van der Waals surface area contributed by atoms with Gasteiger partial charge < -0.3 is 10.1 Å². The average molecular weight is 285 g/mol. The highest BCUT2D eigenvalue weighted by Gasteiger charge is 2.15. The van der Waals surface area contributed by atoms with Gasteiger partial charge in [-0.15, -0.1) is 0 Å². The first-order valence-corrected chi connectivity index (χ1v) is 7.21. The highest BCUT2D eigenvalue weighted by Crippen LogP contribution is 2.06. The van der Waals surface area contributed by atoms with Crippen molar-refractivity contribution in [2.75, 3.05) is 13.2 Å². The summed E-state index contributed by atoms with van der Waals surface area (Å²) >= 11 is 0. The molecule has 0 aromatic carbocycles. The van der Waals surface area contributed by atoms with E-state index >= 15 is 0 Å². The van der Waals surface area contributed by atoms with Gasteiger partial charge in [0.1, 0.15) is 10.7 Å². The van der Waals surface area contributed by atoms with Gasteiger partial charge in [0, 0.05) is 31.6 Å². The number of H-pyrrole nitrogens is 1. The quantitative estimate of drug-likeness (QED) is 0.611. The number of hydrogen-bond acceptors (Lipinski definition) is 5. The van der Waals surface area contributed by atoms with E-state index in [0.717, 1.165) is 5.82 Å². The fourth-order valence-corrected chi connectivity index (χ4v) is 2.51. The fourth-order valence-electron chi connectivity index (χ4n) is 1.53. The molecule has 0 aliphatic heterocycles. The van der Waals surface area contributed by atoms with Crippen LogP contribution in [0.2, 0.25) is 0 Å². The summed E-state index contributed by atoms with van der Waals surface area (Å²) in [5, 5.41) is 12.6. The molecule has 2 heterocycles. The maximum absolute atomic E-state index is 11.9. The summed E-state index contributed by atoms with van der Waals surface area (Å²) in [5.74, 6) is 0.721. The molecule has 0 saturated carbocycles. The van der Waals surface area contributed by atoms with E-state index < -0.39 is 10.0 Å². The lowest BCUT2D eigenvalue weighted by Crippen LogP contribution is -2.26. The van der Waals surface area contributed by atoms with Crippen molar-refractivity contribution >= 4 is 10.0 Å². The van der Waals surface area contributed by atoms with Gasteiger partial charge in [0.2, 0.25) is 10.0 Å². The van der Waals surface area contributed by atoms with E-state index in [1.54, 1.807) is 12.4 Å². The second-order valence-electron chi connectivity index (χ2n) is 3.85. The van der Waals surface area contributed by atoms with Crippen LogP contribution in [0.4, 0.5) is 0 Å². The topological polar surface area (TPSA) is 113 Å². The Labute approximate surface area is 110 Å². The van der Waals surface area contributed by atoms with Crippen LogP contribution >= 0.6 is 0 Å². The molecule has 2 rings (SSSR count). The number of aromatic amines is 1. The second kappa shape index (κ2) is 5.95.